The van der Waals surface area contributed by atoms with Gasteiger partial charge in [-0.2, -0.15) is 0 Å². The predicted molar refractivity (Wildman–Crippen MR) is 105 cm³/mol. The molecule has 1 aliphatic rings. The molecule has 0 spiro atoms. The van der Waals surface area contributed by atoms with E-state index in [4.69, 9.17) is 9.16 Å². The second-order valence-electron chi connectivity index (χ2n) is 5.61. The fourth-order valence-corrected chi connectivity index (χ4v) is 2.64. The summed E-state index contributed by atoms with van der Waals surface area (Å²) in [7, 11) is 3.36. The quantitative estimate of drug-likeness (QED) is 0.721. The average molecular weight is 329 g/mol. The van der Waals surface area contributed by atoms with E-state index in [0.717, 1.165) is 28.2 Å². The molecule has 2 nitrogen and oxygen atoms in total. The summed E-state index contributed by atoms with van der Waals surface area (Å²) < 4.78 is 10.5. The first-order chi connectivity index (χ1) is 12.3. The van der Waals surface area contributed by atoms with Crippen molar-refractivity contribution in [3.63, 3.8) is 0 Å². The van der Waals surface area contributed by atoms with Crippen molar-refractivity contribution in [1.29, 1.82) is 0 Å². The van der Waals surface area contributed by atoms with Gasteiger partial charge >= 0.3 is 5.78 Å². The van der Waals surface area contributed by atoms with Gasteiger partial charge in [-0.05, 0) is 46.6 Å². The zero-order chi connectivity index (χ0) is 17.5. The predicted octanol–water partition coefficient (Wildman–Crippen LogP) is 5.02. The highest BCUT2D eigenvalue weighted by Gasteiger charge is 2.10. The Morgan fingerprint density at radius 3 is 2.16 bits per heavy atom. The van der Waals surface area contributed by atoms with Crippen LogP contribution in [0.2, 0.25) is 0 Å². The Labute approximate surface area is 148 Å². The highest BCUT2D eigenvalue weighted by molar-refractivity contribution is 6.03. The molecule has 0 aromatic heterocycles. The van der Waals surface area contributed by atoms with Crippen LogP contribution in [0.5, 0.6) is 5.75 Å². The van der Waals surface area contributed by atoms with Crippen molar-refractivity contribution < 1.29 is 9.16 Å². The van der Waals surface area contributed by atoms with Gasteiger partial charge in [-0.25, -0.2) is 0 Å². The fourth-order valence-electron chi connectivity index (χ4n) is 2.64. The number of ether oxygens (including phenoxy) is 1. The maximum atomic E-state index is 5.27. The van der Waals surface area contributed by atoms with E-state index < -0.39 is 0 Å². The normalized spacial score (nSPS) is 13.4. The molecule has 1 aliphatic carbocycles. The Bertz CT molecular complexity index is 846. The molecule has 0 atom stereocenters. The van der Waals surface area contributed by atoms with Crippen molar-refractivity contribution in [1.82, 2.24) is 0 Å². The molecule has 0 unspecified atom stereocenters. The van der Waals surface area contributed by atoms with Gasteiger partial charge in [0.2, 0.25) is 0 Å². The van der Waals surface area contributed by atoms with E-state index in [1.165, 1.54) is 5.56 Å². The van der Waals surface area contributed by atoms with E-state index in [1.807, 2.05) is 42.5 Å². The summed E-state index contributed by atoms with van der Waals surface area (Å²) in [5.74, 6) is 1.70. The average Bonchev–Trinajstić information content (AvgIpc) is 2.70. The van der Waals surface area contributed by atoms with Gasteiger partial charge in [0.1, 0.15) is 5.75 Å². The van der Waals surface area contributed by atoms with Crippen LogP contribution in [0.3, 0.4) is 0 Å². The van der Waals surface area contributed by atoms with Gasteiger partial charge in [0, 0.05) is 12.2 Å². The minimum atomic E-state index is 0.852. The Kier molecular flexibility index (Phi) is 5.43. The highest BCUT2D eigenvalue weighted by atomic mass is 16.5. The van der Waals surface area contributed by atoms with Crippen LogP contribution in [0.1, 0.15) is 11.1 Å². The van der Waals surface area contributed by atoms with Crippen LogP contribution >= 0.6 is 0 Å². The molecule has 0 N–H and O–H groups in total. The Morgan fingerprint density at radius 1 is 0.880 bits per heavy atom. The largest absolute Gasteiger partial charge is 0.497 e. The first-order valence-electron chi connectivity index (χ1n) is 8.19. The van der Waals surface area contributed by atoms with Gasteiger partial charge in [0.15, 0.2) is 0 Å². The van der Waals surface area contributed by atoms with Crippen molar-refractivity contribution in [2.45, 2.75) is 0 Å². The van der Waals surface area contributed by atoms with Gasteiger partial charge in [0.25, 0.3) is 7.11 Å². The monoisotopic (exact) mass is 329 g/mol. The van der Waals surface area contributed by atoms with E-state index in [-0.39, 0.29) is 0 Å². The summed E-state index contributed by atoms with van der Waals surface area (Å²) in [5, 5.41) is 0. The molecular weight excluding hydrogens is 308 g/mol. The number of allylic oxidation sites excluding steroid dienone is 7. The summed E-state index contributed by atoms with van der Waals surface area (Å²) in [5.41, 5.74) is 4.59. The zero-order valence-corrected chi connectivity index (χ0v) is 14.5. The smallest absolute Gasteiger partial charge is 0.343 e. The molecule has 0 saturated heterocycles. The van der Waals surface area contributed by atoms with Gasteiger partial charge in [0.05, 0.1) is 7.11 Å². The maximum absolute atomic E-state index is 5.27. The minimum Gasteiger partial charge on any atom is -0.497 e. The van der Waals surface area contributed by atoms with E-state index >= 15 is 0 Å². The first-order valence-corrected chi connectivity index (χ1v) is 8.19. The molecule has 2 aromatic carbocycles. The molecule has 2 aromatic rings. The number of rotatable bonds is 4. The lowest BCUT2D eigenvalue weighted by atomic mass is 9.95. The Hall–Kier alpha value is -3.13. The molecule has 2 heteroatoms. The van der Waals surface area contributed by atoms with Crippen molar-refractivity contribution >= 4 is 17.4 Å². The lowest BCUT2D eigenvalue weighted by Crippen LogP contribution is -1.97. The second-order valence-corrected chi connectivity index (χ2v) is 5.61. The number of ketones is 1. The van der Waals surface area contributed by atoms with Crippen LogP contribution in [-0.4, -0.2) is 20.0 Å². The maximum Gasteiger partial charge on any atom is 0.343 e. The molecule has 0 saturated carbocycles. The van der Waals surface area contributed by atoms with Crippen molar-refractivity contribution in [3.8, 4) is 5.75 Å². The second kappa shape index (κ2) is 8.11. The van der Waals surface area contributed by atoms with Crippen LogP contribution < -0.4 is 4.74 Å². The number of hydrogen-bond acceptors (Lipinski definition) is 1. The third kappa shape index (κ3) is 4.24. The zero-order valence-electron chi connectivity index (χ0n) is 14.5. The van der Waals surface area contributed by atoms with Crippen molar-refractivity contribution in [2.75, 3.05) is 14.2 Å². The molecule has 0 fully saturated rings. The lowest BCUT2D eigenvalue weighted by molar-refractivity contribution is -0.417. The molecular formula is C23H21O2+. The van der Waals surface area contributed by atoms with Crippen LogP contribution in [0.15, 0.2) is 90.6 Å². The lowest BCUT2D eigenvalue weighted by Gasteiger charge is -2.09. The molecule has 0 radical (unpaired) electrons. The minimum absolute atomic E-state index is 0.852. The summed E-state index contributed by atoms with van der Waals surface area (Å²) in [6, 6.07) is 18.4. The molecule has 124 valence electrons. The van der Waals surface area contributed by atoms with Crippen LogP contribution in [0.4, 0.5) is 0 Å². The van der Waals surface area contributed by atoms with Gasteiger partial charge in [-0.15, -0.1) is 0 Å². The standard InChI is InChI=1S/C23H21O2/c1-24-21-13-9-19(10-14-21)23(17-8-18-6-4-3-5-7-18)20-11-15-22(25-2)16-12-20/h3-17H,1-2H3/q+1/b17-8+. The summed E-state index contributed by atoms with van der Waals surface area (Å²) in [6.45, 7) is 0. The summed E-state index contributed by atoms with van der Waals surface area (Å²) in [6.07, 6.45) is 12.4. The number of hydrogen-bond donors (Lipinski definition) is 0. The number of benzene rings is 2. The summed E-state index contributed by atoms with van der Waals surface area (Å²) in [4.78, 5) is 0. The third-order valence-corrected chi connectivity index (χ3v) is 4.04. The summed E-state index contributed by atoms with van der Waals surface area (Å²) >= 11 is 0. The Morgan fingerprint density at radius 2 is 1.56 bits per heavy atom. The topological polar surface area (TPSA) is 20.5 Å². The van der Waals surface area contributed by atoms with Gasteiger partial charge in [-0.3, -0.25) is 4.42 Å². The van der Waals surface area contributed by atoms with E-state index in [1.54, 1.807) is 14.2 Å². The molecule has 0 amide bonds. The molecule has 25 heavy (non-hydrogen) atoms. The molecule has 3 rings (SSSR count). The molecule has 0 bridgehead atoms. The van der Waals surface area contributed by atoms with Gasteiger partial charge in [-0.1, -0.05) is 54.6 Å². The molecule has 0 heterocycles. The van der Waals surface area contributed by atoms with Crippen LogP contribution in [0.25, 0.3) is 11.6 Å². The van der Waals surface area contributed by atoms with Crippen LogP contribution in [-0.2, 0) is 4.42 Å². The van der Waals surface area contributed by atoms with E-state index in [2.05, 4.69) is 48.6 Å². The van der Waals surface area contributed by atoms with Crippen molar-refractivity contribution in [2.24, 2.45) is 0 Å². The van der Waals surface area contributed by atoms with Crippen LogP contribution in [0, 0.1) is 0 Å². The highest BCUT2D eigenvalue weighted by Crippen LogP contribution is 2.26. The SMILES string of the molecule is COc1ccc(C(/C=C/c2ccccc2)=C2C=CC(=[O+]C)C=C2)cc1. The third-order valence-electron chi connectivity index (χ3n) is 4.04. The Balaban J connectivity index is 2.02. The number of methoxy groups -OCH3 is 1. The molecule has 0 aliphatic heterocycles. The van der Waals surface area contributed by atoms with E-state index in [9.17, 15) is 0 Å². The number of carbonyl (C=O) groups excluding carboxylic acids is 1. The van der Waals surface area contributed by atoms with E-state index in [0.29, 0.717) is 0 Å². The van der Waals surface area contributed by atoms with Gasteiger partial charge < -0.3 is 4.74 Å². The fraction of sp³-hybridized carbons (Fsp3) is 0.0870. The first kappa shape index (κ1) is 16.7. The van der Waals surface area contributed by atoms with Crippen molar-refractivity contribution in [3.05, 3.63) is 102 Å².